The minimum absolute atomic E-state index is 0.00484. The highest BCUT2D eigenvalue weighted by molar-refractivity contribution is 7.99. The van der Waals surface area contributed by atoms with E-state index in [1.54, 1.807) is 13.0 Å². The van der Waals surface area contributed by atoms with Crippen LogP contribution in [0.25, 0.3) is 10.9 Å². The molecule has 1 aliphatic heterocycles. The molecule has 1 fully saturated rings. The number of fused-ring (bicyclic) bond motifs is 1. The molecule has 1 aromatic heterocycles. The summed E-state index contributed by atoms with van der Waals surface area (Å²) in [6.07, 6.45) is -0.819. The number of halogens is 4. The highest BCUT2D eigenvalue weighted by Crippen LogP contribution is 2.41. The van der Waals surface area contributed by atoms with Crippen LogP contribution in [0.3, 0.4) is 0 Å². The number of carboxylic acid groups (broad SMARTS) is 1. The van der Waals surface area contributed by atoms with Crippen molar-refractivity contribution in [1.29, 1.82) is 0 Å². The summed E-state index contributed by atoms with van der Waals surface area (Å²) in [6.45, 7) is 1.71. The number of carboxylic acids is 1. The Balaban J connectivity index is 1.80. The molecule has 1 N–H and O–H groups in total. The highest BCUT2D eigenvalue weighted by Gasteiger charge is 2.28. The first kappa shape index (κ1) is 22.5. The van der Waals surface area contributed by atoms with Gasteiger partial charge in [0.15, 0.2) is 11.6 Å². The van der Waals surface area contributed by atoms with Gasteiger partial charge in [-0.1, -0.05) is 29.4 Å². The van der Waals surface area contributed by atoms with Gasteiger partial charge in [0.05, 0.1) is 22.6 Å². The number of likely N-dealkylation sites (tertiary alicyclic amines) is 1. The smallest absolute Gasteiger partial charge is 0.338 e. The van der Waals surface area contributed by atoms with Gasteiger partial charge in [-0.25, -0.2) is 18.0 Å². The number of nitrogens with zero attached hydrogens (tertiary/aromatic N) is 2. The fourth-order valence-corrected chi connectivity index (χ4v) is 5.09. The Hall–Kier alpha value is -2.65. The number of carbonyl (C=O) groups is 2. The van der Waals surface area contributed by atoms with E-state index >= 15 is 4.39 Å². The maximum atomic E-state index is 15.0. The number of hydrogen-bond acceptors (Lipinski definition) is 3. The lowest BCUT2D eigenvalue weighted by molar-refractivity contribution is -0.130. The number of aromatic nitrogens is 1. The zero-order chi connectivity index (χ0) is 23.2. The van der Waals surface area contributed by atoms with Crippen LogP contribution in [0.2, 0.25) is 5.02 Å². The summed E-state index contributed by atoms with van der Waals surface area (Å²) in [4.78, 5) is 25.9. The van der Waals surface area contributed by atoms with Crippen molar-refractivity contribution < 1.29 is 27.9 Å². The standard InChI is InChI=1S/C22H18ClF3N2O3S/c1-11-21(32-16-4-2-3-13(18(16)25)22(30)31)14-5-6-15(23)19(26)20(14)28(11)10-17(29)27-8-7-12(24)9-27/h2-6,12H,7-10H2,1H3,(H,30,31). The number of aromatic carboxylic acids is 1. The molecule has 0 spiro atoms. The average molecular weight is 483 g/mol. The number of rotatable bonds is 5. The first-order chi connectivity index (χ1) is 15.2. The molecular formula is C22H18ClF3N2O3S. The summed E-state index contributed by atoms with van der Waals surface area (Å²) >= 11 is 6.92. The minimum atomic E-state index is -1.40. The number of alkyl halides is 1. The molecule has 168 valence electrons. The molecule has 1 amide bonds. The first-order valence-corrected chi connectivity index (χ1v) is 11.0. The summed E-state index contributed by atoms with van der Waals surface area (Å²) < 4.78 is 44.8. The lowest BCUT2D eigenvalue weighted by atomic mass is 10.2. The van der Waals surface area contributed by atoms with Gasteiger partial charge in [-0.05, 0) is 37.6 Å². The first-order valence-electron chi connectivity index (χ1n) is 9.77. The third kappa shape index (κ3) is 3.95. The van der Waals surface area contributed by atoms with Crippen LogP contribution in [0.4, 0.5) is 13.2 Å². The SMILES string of the molecule is Cc1c(Sc2cccc(C(=O)O)c2F)c2ccc(Cl)c(F)c2n1CC(=O)N1CCC(F)C1. The van der Waals surface area contributed by atoms with Crippen molar-refractivity contribution in [3.63, 3.8) is 0 Å². The topological polar surface area (TPSA) is 62.5 Å². The Morgan fingerprint density at radius 2 is 1.97 bits per heavy atom. The molecular weight excluding hydrogens is 465 g/mol. The van der Waals surface area contributed by atoms with E-state index in [9.17, 15) is 23.5 Å². The predicted molar refractivity (Wildman–Crippen MR) is 115 cm³/mol. The van der Waals surface area contributed by atoms with E-state index in [0.29, 0.717) is 16.0 Å². The molecule has 1 saturated heterocycles. The van der Waals surface area contributed by atoms with Gasteiger partial charge in [-0.3, -0.25) is 4.79 Å². The van der Waals surface area contributed by atoms with Crippen molar-refractivity contribution in [3.8, 4) is 0 Å². The maximum Gasteiger partial charge on any atom is 0.338 e. The molecule has 2 heterocycles. The summed E-state index contributed by atoms with van der Waals surface area (Å²) in [5, 5.41) is 9.46. The van der Waals surface area contributed by atoms with E-state index in [4.69, 9.17) is 11.6 Å². The van der Waals surface area contributed by atoms with Crippen molar-refractivity contribution in [1.82, 2.24) is 9.47 Å². The molecule has 0 bridgehead atoms. The third-order valence-corrected chi connectivity index (χ3v) is 7.05. The van der Waals surface area contributed by atoms with Crippen molar-refractivity contribution in [3.05, 3.63) is 58.2 Å². The highest BCUT2D eigenvalue weighted by atomic mass is 35.5. The van der Waals surface area contributed by atoms with E-state index in [1.807, 2.05) is 0 Å². The van der Waals surface area contributed by atoms with Crippen molar-refractivity contribution in [2.45, 2.75) is 35.9 Å². The molecule has 5 nitrogen and oxygen atoms in total. The van der Waals surface area contributed by atoms with Gasteiger partial charge in [0.1, 0.15) is 12.7 Å². The second-order valence-electron chi connectivity index (χ2n) is 7.51. The predicted octanol–water partition coefficient (Wildman–Crippen LogP) is 5.30. The Morgan fingerprint density at radius 3 is 2.62 bits per heavy atom. The summed E-state index contributed by atoms with van der Waals surface area (Å²) in [6, 6.07) is 6.95. The monoisotopic (exact) mass is 482 g/mol. The largest absolute Gasteiger partial charge is 0.478 e. The van der Waals surface area contributed by atoms with Crippen LogP contribution in [0.1, 0.15) is 22.5 Å². The molecule has 32 heavy (non-hydrogen) atoms. The average Bonchev–Trinajstić information content (AvgIpc) is 3.29. The Bertz CT molecular complexity index is 1250. The fourth-order valence-electron chi connectivity index (χ4n) is 3.84. The summed E-state index contributed by atoms with van der Waals surface area (Å²) in [5.74, 6) is -3.39. The number of carbonyl (C=O) groups excluding carboxylic acids is 1. The van der Waals surface area contributed by atoms with Gasteiger partial charge in [-0.2, -0.15) is 0 Å². The van der Waals surface area contributed by atoms with E-state index in [0.717, 1.165) is 17.8 Å². The van der Waals surface area contributed by atoms with E-state index in [2.05, 4.69) is 0 Å². The van der Waals surface area contributed by atoms with E-state index < -0.39 is 29.3 Å². The lowest BCUT2D eigenvalue weighted by Gasteiger charge is -2.17. The Kier molecular flexibility index (Phi) is 6.13. The molecule has 1 unspecified atom stereocenters. The Morgan fingerprint density at radius 1 is 1.22 bits per heavy atom. The molecule has 1 aliphatic rings. The van der Waals surface area contributed by atoms with E-state index in [1.165, 1.54) is 27.7 Å². The van der Waals surface area contributed by atoms with Crippen molar-refractivity contribution >= 4 is 46.1 Å². The van der Waals surface area contributed by atoms with Gasteiger partial charge in [0.2, 0.25) is 5.91 Å². The van der Waals surface area contributed by atoms with Crippen LogP contribution < -0.4 is 0 Å². The molecule has 1 atom stereocenters. The number of amides is 1. The maximum absolute atomic E-state index is 15.0. The van der Waals surface area contributed by atoms with Crippen LogP contribution in [0.15, 0.2) is 40.1 Å². The second kappa shape index (κ2) is 8.71. The number of benzene rings is 2. The van der Waals surface area contributed by atoms with E-state index in [-0.39, 0.29) is 47.4 Å². The molecule has 3 aromatic rings. The van der Waals surface area contributed by atoms with Crippen molar-refractivity contribution in [2.75, 3.05) is 13.1 Å². The molecule has 2 aromatic carbocycles. The molecule has 10 heteroatoms. The van der Waals surface area contributed by atoms with Crippen LogP contribution in [-0.2, 0) is 11.3 Å². The van der Waals surface area contributed by atoms with Crippen molar-refractivity contribution in [2.24, 2.45) is 0 Å². The van der Waals surface area contributed by atoms with Crippen LogP contribution in [0.5, 0.6) is 0 Å². The zero-order valence-corrected chi connectivity index (χ0v) is 18.4. The van der Waals surface area contributed by atoms with Gasteiger partial charge in [0, 0.05) is 27.4 Å². The molecule has 0 aliphatic carbocycles. The lowest BCUT2D eigenvalue weighted by Crippen LogP contribution is -2.32. The van der Waals surface area contributed by atoms with Crippen LogP contribution in [0, 0.1) is 18.6 Å². The minimum Gasteiger partial charge on any atom is -0.478 e. The quantitative estimate of drug-likeness (QED) is 0.536. The summed E-state index contributed by atoms with van der Waals surface area (Å²) in [5.41, 5.74) is 0.0860. The van der Waals surface area contributed by atoms with Gasteiger partial charge in [-0.15, -0.1) is 0 Å². The van der Waals surface area contributed by atoms with Gasteiger partial charge < -0.3 is 14.6 Å². The Labute approximate surface area is 190 Å². The zero-order valence-electron chi connectivity index (χ0n) is 16.9. The van der Waals surface area contributed by atoms with Crippen LogP contribution >= 0.6 is 23.4 Å². The molecule has 4 rings (SSSR count). The van der Waals surface area contributed by atoms with Crippen LogP contribution in [-0.4, -0.2) is 45.7 Å². The number of hydrogen-bond donors (Lipinski definition) is 1. The fraction of sp³-hybridized carbons (Fsp3) is 0.273. The molecule has 0 saturated carbocycles. The third-order valence-electron chi connectivity index (χ3n) is 5.50. The molecule has 0 radical (unpaired) electrons. The summed E-state index contributed by atoms with van der Waals surface area (Å²) in [7, 11) is 0. The second-order valence-corrected chi connectivity index (χ2v) is 8.97. The van der Waals surface area contributed by atoms with Gasteiger partial charge >= 0.3 is 5.97 Å². The normalized spacial score (nSPS) is 16.2. The van der Waals surface area contributed by atoms with Gasteiger partial charge in [0.25, 0.3) is 0 Å².